The van der Waals surface area contributed by atoms with Crippen molar-refractivity contribution in [3.05, 3.63) is 34.4 Å². The number of hydrogen-bond acceptors (Lipinski definition) is 2. The Labute approximate surface area is 110 Å². The van der Waals surface area contributed by atoms with E-state index in [4.69, 9.17) is 5.73 Å². The fourth-order valence-electron chi connectivity index (χ4n) is 3.21. The van der Waals surface area contributed by atoms with Crippen LogP contribution < -0.4 is 5.73 Å². The van der Waals surface area contributed by atoms with E-state index < -0.39 is 0 Å². The van der Waals surface area contributed by atoms with E-state index in [1.807, 2.05) is 6.07 Å². The van der Waals surface area contributed by atoms with E-state index in [1.54, 1.807) is 0 Å². The highest BCUT2D eigenvalue weighted by molar-refractivity contribution is 5.79. The molecule has 1 aliphatic rings. The van der Waals surface area contributed by atoms with E-state index in [1.165, 1.54) is 36.0 Å². The van der Waals surface area contributed by atoms with Gasteiger partial charge in [-0.15, -0.1) is 0 Å². The van der Waals surface area contributed by atoms with Crippen LogP contribution in [0.25, 0.3) is 0 Å². The molecule has 0 unspecified atom stereocenters. The zero-order valence-electron chi connectivity index (χ0n) is 11.5. The van der Waals surface area contributed by atoms with Gasteiger partial charge in [-0.1, -0.05) is 25.3 Å². The van der Waals surface area contributed by atoms with Crippen molar-refractivity contribution in [3.63, 3.8) is 0 Å². The van der Waals surface area contributed by atoms with Crippen LogP contribution in [0.3, 0.4) is 0 Å². The van der Waals surface area contributed by atoms with Crippen LogP contribution in [0.5, 0.6) is 0 Å². The van der Waals surface area contributed by atoms with Crippen molar-refractivity contribution in [3.8, 4) is 0 Å². The summed E-state index contributed by atoms with van der Waals surface area (Å²) in [6.07, 6.45) is 6.97. The largest absolute Gasteiger partial charge is 0.330 e. The lowest BCUT2D eigenvalue weighted by atomic mass is 9.68. The van der Waals surface area contributed by atoms with E-state index in [0.717, 1.165) is 24.7 Å². The number of rotatable bonds is 3. The molecule has 0 amide bonds. The Morgan fingerprint density at radius 2 is 1.78 bits per heavy atom. The molecule has 0 heterocycles. The van der Waals surface area contributed by atoms with E-state index in [9.17, 15) is 4.79 Å². The average Bonchev–Trinajstić information content (AvgIpc) is 2.42. The standard InChI is InChI=1S/C16H23NO/c1-12-8-14(10-18)15(9-13(12)2)16(11-17)6-4-3-5-7-16/h8-10H,3-7,11,17H2,1-2H3. The average molecular weight is 245 g/mol. The third-order valence-corrected chi connectivity index (χ3v) is 4.57. The van der Waals surface area contributed by atoms with Gasteiger partial charge in [0.15, 0.2) is 0 Å². The number of carbonyl (C=O) groups excluding carboxylic acids is 1. The van der Waals surface area contributed by atoms with Crippen LogP contribution in [-0.2, 0) is 5.41 Å². The molecule has 1 aliphatic carbocycles. The minimum Gasteiger partial charge on any atom is -0.330 e. The second-order valence-electron chi connectivity index (χ2n) is 5.69. The molecule has 0 atom stereocenters. The SMILES string of the molecule is Cc1cc(C=O)c(C2(CN)CCCCC2)cc1C. The molecule has 18 heavy (non-hydrogen) atoms. The van der Waals surface area contributed by atoms with Gasteiger partial charge in [0.05, 0.1) is 0 Å². The van der Waals surface area contributed by atoms with Gasteiger partial charge in [0, 0.05) is 17.5 Å². The van der Waals surface area contributed by atoms with Crippen molar-refractivity contribution >= 4 is 6.29 Å². The van der Waals surface area contributed by atoms with E-state index in [0.29, 0.717) is 6.54 Å². The van der Waals surface area contributed by atoms with E-state index in [2.05, 4.69) is 19.9 Å². The molecule has 1 fully saturated rings. The zero-order valence-corrected chi connectivity index (χ0v) is 11.5. The van der Waals surface area contributed by atoms with Gasteiger partial charge in [0.1, 0.15) is 6.29 Å². The Bertz CT molecular complexity index is 445. The van der Waals surface area contributed by atoms with Gasteiger partial charge in [-0.3, -0.25) is 4.79 Å². The van der Waals surface area contributed by atoms with Gasteiger partial charge in [-0.05, 0) is 49.4 Å². The lowest BCUT2D eigenvalue weighted by molar-refractivity contribution is 0.112. The Balaban J connectivity index is 2.53. The first kappa shape index (κ1) is 13.3. The third kappa shape index (κ3) is 2.22. The van der Waals surface area contributed by atoms with Crippen LogP contribution in [0.2, 0.25) is 0 Å². The fraction of sp³-hybridized carbons (Fsp3) is 0.562. The molecule has 1 aromatic rings. The smallest absolute Gasteiger partial charge is 0.150 e. The molecule has 0 radical (unpaired) electrons. The number of carbonyl (C=O) groups is 1. The molecule has 2 N–H and O–H groups in total. The summed E-state index contributed by atoms with van der Waals surface area (Å²) in [4.78, 5) is 11.4. The quantitative estimate of drug-likeness (QED) is 0.830. The van der Waals surface area contributed by atoms with Crippen LogP contribution in [0, 0.1) is 13.8 Å². The first-order valence-electron chi connectivity index (χ1n) is 6.90. The maximum absolute atomic E-state index is 11.4. The Morgan fingerprint density at radius 3 is 2.33 bits per heavy atom. The number of hydrogen-bond donors (Lipinski definition) is 1. The second-order valence-corrected chi connectivity index (χ2v) is 5.69. The lowest BCUT2D eigenvalue weighted by Gasteiger charge is -2.38. The molecule has 98 valence electrons. The van der Waals surface area contributed by atoms with Gasteiger partial charge < -0.3 is 5.73 Å². The van der Waals surface area contributed by atoms with Crippen molar-refractivity contribution in [1.82, 2.24) is 0 Å². The van der Waals surface area contributed by atoms with E-state index >= 15 is 0 Å². The van der Waals surface area contributed by atoms with Crippen LogP contribution in [-0.4, -0.2) is 12.8 Å². The molecule has 1 saturated carbocycles. The molecular weight excluding hydrogens is 222 g/mol. The second kappa shape index (κ2) is 5.23. The molecule has 0 saturated heterocycles. The summed E-state index contributed by atoms with van der Waals surface area (Å²) < 4.78 is 0. The van der Waals surface area contributed by atoms with E-state index in [-0.39, 0.29) is 5.41 Å². The van der Waals surface area contributed by atoms with Gasteiger partial charge in [-0.25, -0.2) is 0 Å². The highest BCUT2D eigenvalue weighted by Gasteiger charge is 2.34. The van der Waals surface area contributed by atoms with Gasteiger partial charge >= 0.3 is 0 Å². The Kier molecular flexibility index (Phi) is 3.86. The summed E-state index contributed by atoms with van der Waals surface area (Å²) in [5, 5.41) is 0. The first-order chi connectivity index (χ1) is 8.63. The fourth-order valence-corrected chi connectivity index (χ4v) is 3.21. The predicted octanol–water partition coefficient (Wildman–Crippen LogP) is 3.28. The summed E-state index contributed by atoms with van der Waals surface area (Å²) in [6, 6.07) is 4.21. The minimum absolute atomic E-state index is 0.0347. The van der Waals surface area contributed by atoms with Crippen molar-refractivity contribution in [1.29, 1.82) is 0 Å². The molecule has 2 heteroatoms. The van der Waals surface area contributed by atoms with Gasteiger partial charge in [0.25, 0.3) is 0 Å². The van der Waals surface area contributed by atoms with Crippen molar-refractivity contribution in [2.75, 3.05) is 6.54 Å². The Morgan fingerprint density at radius 1 is 1.17 bits per heavy atom. The van der Waals surface area contributed by atoms with Crippen molar-refractivity contribution in [2.24, 2.45) is 5.73 Å². The maximum atomic E-state index is 11.4. The number of aldehydes is 1. The number of aryl methyl sites for hydroxylation is 2. The summed E-state index contributed by atoms with van der Waals surface area (Å²) in [7, 11) is 0. The normalized spacial score (nSPS) is 18.6. The van der Waals surface area contributed by atoms with Gasteiger partial charge in [0.2, 0.25) is 0 Å². The highest BCUT2D eigenvalue weighted by atomic mass is 16.1. The predicted molar refractivity (Wildman–Crippen MR) is 75.1 cm³/mol. The summed E-state index contributed by atoms with van der Waals surface area (Å²) >= 11 is 0. The Hall–Kier alpha value is -1.15. The summed E-state index contributed by atoms with van der Waals surface area (Å²) in [6.45, 7) is 4.82. The van der Waals surface area contributed by atoms with Crippen molar-refractivity contribution < 1.29 is 4.79 Å². The molecule has 0 aromatic heterocycles. The summed E-state index contributed by atoms with van der Waals surface area (Å²) in [5.74, 6) is 0. The molecule has 1 aromatic carbocycles. The maximum Gasteiger partial charge on any atom is 0.150 e. The number of nitrogens with two attached hydrogens (primary N) is 1. The molecule has 0 bridgehead atoms. The van der Waals surface area contributed by atoms with Crippen LogP contribution in [0.15, 0.2) is 12.1 Å². The lowest BCUT2D eigenvalue weighted by Crippen LogP contribution is -2.38. The molecule has 0 spiro atoms. The number of benzene rings is 1. The first-order valence-corrected chi connectivity index (χ1v) is 6.90. The molecule has 2 nitrogen and oxygen atoms in total. The monoisotopic (exact) mass is 245 g/mol. The molecule has 0 aliphatic heterocycles. The minimum atomic E-state index is 0.0347. The van der Waals surface area contributed by atoms with Crippen LogP contribution in [0.4, 0.5) is 0 Å². The molecule has 2 rings (SSSR count). The third-order valence-electron chi connectivity index (χ3n) is 4.57. The highest BCUT2D eigenvalue weighted by Crippen LogP contribution is 2.40. The van der Waals surface area contributed by atoms with Crippen LogP contribution >= 0.6 is 0 Å². The van der Waals surface area contributed by atoms with Crippen molar-refractivity contribution in [2.45, 2.75) is 51.4 Å². The summed E-state index contributed by atoms with van der Waals surface area (Å²) in [5.41, 5.74) is 10.6. The molecular formula is C16H23NO. The topological polar surface area (TPSA) is 43.1 Å². The van der Waals surface area contributed by atoms with Gasteiger partial charge in [-0.2, -0.15) is 0 Å². The zero-order chi connectivity index (χ0) is 13.2. The van der Waals surface area contributed by atoms with Crippen LogP contribution in [0.1, 0.15) is 59.2 Å².